The first-order chi connectivity index (χ1) is 7.96. The fraction of sp³-hybridized carbons (Fsp3) is 0.727. The van der Waals surface area contributed by atoms with Gasteiger partial charge in [0.15, 0.2) is 5.41 Å². The van der Waals surface area contributed by atoms with Crippen molar-refractivity contribution in [2.75, 3.05) is 13.2 Å². The number of hydrogen-bond donors (Lipinski definition) is 1. The highest BCUT2D eigenvalue weighted by Gasteiger charge is 2.98. The Balaban J connectivity index is 2.28. The van der Waals surface area contributed by atoms with E-state index in [1.165, 1.54) is 0 Å². The van der Waals surface area contributed by atoms with Crippen LogP contribution >= 0.6 is 0 Å². The molecule has 2 N–H and O–H groups in total. The standard InChI is InChI=1S/C11H12N4O2/c1-8(2)9(5-12)7(14)15-11(10(8,9)6-13)16-3-4-17-11/h3-4H2,1-2H3,(H2,14,15)/t9-,10-/m0/s1. The fourth-order valence-corrected chi connectivity index (χ4v) is 3.60. The lowest BCUT2D eigenvalue weighted by atomic mass is 9.93. The molecule has 0 amide bonds. The van der Waals surface area contributed by atoms with Gasteiger partial charge in [-0.2, -0.15) is 10.5 Å². The van der Waals surface area contributed by atoms with Crippen LogP contribution in [-0.2, 0) is 9.47 Å². The first kappa shape index (κ1) is 10.5. The quantitative estimate of drug-likeness (QED) is 0.638. The molecule has 2 atom stereocenters. The lowest BCUT2D eigenvalue weighted by molar-refractivity contribution is -0.190. The van der Waals surface area contributed by atoms with Crippen molar-refractivity contribution in [3.63, 3.8) is 0 Å². The maximum Gasteiger partial charge on any atom is 0.293 e. The number of rotatable bonds is 0. The molecule has 1 saturated carbocycles. The van der Waals surface area contributed by atoms with Crippen LogP contribution < -0.4 is 5.73 Å². The van der Waals surface area contributed by atoms with E-state index in [0.717, 1.165) is 0 Å². The minimum atomic E-state index is -1.38. The van der Waals surface area contributed by atoms with Crippen LogP contribution in [0, 0.1) is 38.9 Å². The molecular formula is C11H12N4O2. The van der Waals surface area contributed by atoms with Crippen LogP contribution in [-0.4, -0.2) is 25.0 Å². The average molecular weight is 232 g/mol. The molecule has 88 valence electrons. The first-order valence-electron chi connectivity index (χ1n) is 5.42. The molecule has 6 nitrogen and oxygen atoms in total. The van der Waals surface area contributed by atoms with E-state index in [9.17, 15) is 10.5 Å². The van der Waals surface area contributed by atoms with E-state index in [1.807, 2.05) is 13.8 Å². The van der Waals surface area contributed by atoms with Crippen molar-refractivity contribution < 1.29 is 9.47 Å². The molecule has 2 heterocycles. The van der Waals surface area contributed by atoms with Gasteiger partial charge in [0.25, 0.3) is 5.91 Å². The average Bonchev–Trinajstić information content (AvgIpc) is 2.63. The molecule has 6 heteroatoms. The summed E-state index contributed by atoms with van der Waals surface area (Å²) in [6.45, 7) is 4.37. The highest BCUT2D eigenvalue weighted by molar-refractivity contribution is 5.99. The number of ether oxygens (including phenoxy) is 2. The number of amidine groups is 1. The summed E-state index contributed by atoms with van der Waals surface area (Å²) in [6.07, 6.45) is 0. The van der Waals surface area contributed by atoms with Gasteiger partial charge in [0, 0.05) is 5.41 Å². The van der Waals surface area contributed by atoms with Gasteiger partial charge in [-0.3, -0.25) is 0 Å². The molecule has 0 aromatic heterocycles. The van der Waals surface area contributed by atoms with Crippen molar-refractivity contribution in [2.24, 2.45) is 27.0 Å². The van der Waals surface area contributed by atoms with Gasteiger partial charge in [-0.05, 0) is 0 Å². The highest BCUT2D eigenvalue weighted by atomic mass is 16.8. The van der Waals surface area contributed by atoms with Gasteiger partial charge in [0.05, 0.1) is 25.4 Å². The van der Waals surface area contributed by atoms with Gasteiger partial charge in [-0.15, -0.1) is 0 Å². The molecule has 1 saturated heterocycles. The van der Waals surface area contributed by atoms with E-state index >= 15 is 0 Å². The molecule has 1 spiro atoms. The number of aliphatic imine (C=N–C) groups is 1. The molecule has 0 unspecified atom stereocenters. The number of nitrogens with two attached hydrogens (primary N) is 1. The Hall–Kier alpha value is -1.63. The van der Waals surface area contributed by atoms with E-state index < -0.39 is 22.2 Å². The van der Waals surface area contributed by atoms with E-state index in [1.54, 1.807) is 0 Å². The zero-order valence-corrected chi connectivity index (χ0v) is 9.65. The van der Waals surface area contributed by atoms with Crippen LogP contribution in [0.2, 0.25) is 0 Å². The summed E-state index contributed by atoms with van der Waals surface area (Å²) >= 11 is 0. The van der Waals surface area contributed by atoms with Gasteiger partial charge in [0.1, 0.15) is 11.3 Å². The van der Waals surface area contributed by atoms with Crippen LogP contribution in [0.4, 0.5) is 0 Å². The smallest absolute Gasteiger partial charge is 0.293 e. The predicted octanol–water partition coefficient (Wildman–Crippen LogP) is 0.118. The second-order valence-corrected chi connectivity index (χ2v) is 5.12. The Morgan fingerprint density at radius 3 is 2.24 bits per heavy atom. The molecule has 0 bridgehead atoms. The summed E-state index contributed by atoms with van der Waals surface area (Å²) < 4.78 is 11.0. The van der Waals surface area contributed by atoms with E-state index in [2.05, 4.69) is 17.1 Å². The Bertz CT molecular complexity index is 521. The molecular weight excluding hydrogens is 220 g/mol. The topological polar surface area (TPSA) is 104 Å². The predicted molar refractivity (Wildman–Crippen MR) is 56.1 cm³/mol. The summed E-state index contributed by atoms with van der Waals surface area (Å²) in [5, 5.41) is 19.0. The molecule has 2 fully saturated rings. The van der Waals surface area contributed by atoms with E-state index in [0.29, 0.717) is 13.2 Å². The largest absolute Gasteiger partial charge is 0.386 e. The van der Waals surface area contributed by atoms with Crippen LogP contribution in [0.3, 0.4) is 0 Å². The Labute approximate surface area is 98.6 Å². The molecule has 17 heavy (non-hydrogen) atoms. The van der Waals surface area contributed by atoms with Crippen molar-refractivity contribution in [3.8, 4) is 12.1 Å². The molecule has 3 rings (SSSR count). The Morgan fingerprint density at radius 2 is 1.82 bits per heavy atom. The second kappa shape index (κ2) is 2.45. The van der Waals surface area contributed by atoms with Crippen LogP contribution in [0.1, 0.15) is 13.8 Å². The van der Waals surface area contributed by atoms with Crippen molar-refractivity contribution in [1.82, 2.24) is 0 Å². The first-order valence-corrected chi connectivity index (χ1v) is 5.42. The van der Waals surface area contributed by atoms with Crippen molar-refractivity contribution >= 4 is 5.84 Å². The Morgan fingerprint density at radius 1 is 1.24 bits per heavy atom. The van der Waals surface area contributed by atoms with Gasteiger partial charge in [-0.25, -0.2) is 4.99 Å². The van der Waals surface area contributed by atoms with Crippen molar-refractivity contribution in [3.05, 3.63) is 0 Å². The molecule has 0 aromatic rings. The molecule has 0 aromatic carbocycles. The summed E-state index contributed by atoms with van der Waals surface area (Å²) in [6, 6.07) is 4.35. The molecule has 3 aliphatic rings. The van der Waals surface area contributed by atoms with Gasteiger partial charge in [0.2, 0.25) is 0 Å². The lowest BCUT2D eigenvalue weighted by Crippen LogP contribution is -2.40. The number of fused-ring (bicyclic) bond motifs is 2. The monoisotopic (exact) mass is 232 g/mol. The van der Waals surface area contributed by atoms with Gasteiger partial charge >= 0.3 is 0 Å². The summed E-state index contributed by atoms with van der Waals surface area (Å²) in [5.74, 6) is -1.24. The number of nitrogens with zero attached hydrogens (tertiary/aromatic N) is 3. The van der Waals surface area contributed by atoms with Gasteiger partial charge in [-0.1, -0.05) is 13.8 Å². The minimum Gasteiger partial charge on any atom is -0.386 e. The van der Waals surface area contributed by atoms with Crippen LogP contribution in [0.25, 0.3) is 0 Å². The zero-order chi connectivity index (χ0) is 12.5. The van der Waals surface area contributed by atoms with Crippen molar-refractivity contribution in [2.45, 2.75) is 19.8 Å². The zero-order valence-electron chi connectivity index (χ0n) is 9.65. The highest BCUT2D eigenvalue weighted by Crippen LogP contribution is 2.85. The summed E-state index contributed by atoms with van der Waals surface area (Å²) in [4.78, 5) is 4.14. The third kappa shape index (κ3) is 0.645. The lowest BCUT2D eigenvalue weighted by Gasteiger charge is -2.27. The molecule has 1 aliphatic carbocycles. The SMILES string of the molecule is CC1(C)[C@]2(C#N)C3(N=C(N)[C@@]12C#N)OCCO3. The van der Waals surface area contributed by atoms with E-state index in [4.69, 9.17) is 15.2 Å². The maximum absolute atomic E-state index is 9.55. The van der Waals surface area contributed by atoms with Crippen LogP contribution in [0.5, 0.6) is 0 Å². The number of nitriles is 2. The molecule has 0 radical (unpaired) electrons. The maximum atomic E-state index is 9.55. The molecule has 2 aliphatic heterocycles. The van der Waals surface area contributed by atoms with Crippen LogP contribution in [0.15, 0.2) is 4.99 Å². The minimum absolute atomic E-state index is 0.147. The normalized spacial score (nSPS) is 43.6. The van der Waals surface area contributed by atoms with E-state index in [-0.39, 0.29) is 5.84 Å². The summed E-state index contributed by atoms with van der Waals surface area (Å²) in [5.41, 5.74) is 3.01. The second-order valence-electron chi connectivity index (χ2n) is 5.12. The fourth-order valence-electron chi connectivity index (χ4n) is 3.60. The number of hydrogen-bond acceptors (Lipinski definition) is 6. The third-order valence-electron chi connectivity index (χ3n) is 4.51. The van der Waals surface area contributed by atoms with Gasteiger partial charge < -0.3 is 15.2 Å². The summed E-state index contributed by atoms with van der Waals surface area (Å²) in [7, 11) is 0. The Kier molecular flexibility index (Phi) is 1.52. The third-order valence-corrected chi connectivity index (χ3v) is 4.51. The van der Waals surface area contributed by atoms with Crippen molar-refractivity contribution in [1.29, 1.82) is 10.5 Å².